The van der Waals surface area contributed by atoms with Crippen LogP contribution in [0, 0.1) is 5.92 Å². The molecule has 3 atom stereocenters. The highest BCUT2D eigenvalue weighted by atomic mass is 35.5. The number of anilines is 1. The molecule has 0 unspecified atom stereocenters. The van der Waals surface area contributed by atoms with E-state index in [4.69, 9.17) is 9.47 Å². The maximum Gasteiger partial charge on any atom is 0.227 e. The van der Waals surface area contributed by atoms with Gasteiger partial charge < -0.3 is 20.1 Å². The smallest absolute Gasteiger partial charge is 0.227 e. The number of ether oxygens (including phenoxy) is 2. The van der Waals surface area contributed by atoms with Crippen molar-refractivity contribution >= 4 is 24.0 Å². The lowest BCUT2D eigenvalue weighted by Crippen LogP contribution is -2.52. The van der Waals surface area contributed by atoms with Gasteiger partial charge in [-0.3, -0.25) is 4.79 Å². The summed E-state index contributed by atoms with van der Waals surface area (Å²) in [4.78, 5) is 12.9. The van der Waals surface area contributed by atoms with E-state index in [2.05, 4.69) is 22.8 Å². The quantitative estimate of drug-likeness (QED) is 0.814. The van der Waals surface area contributed by atoms with E-state index in [-0.39, 0.29) is 36.4 Å². The average Bonchev–Trinajstić information content (AvgIpc) is 2.74. The molecule has 2 N–H and O–H groups in total. The summed E-state index contributed by atoms with van der Waals surface area (Å²) >= 11 is 0. The molecule has 4 rings (SSSR count). The summed E-state index contributed by atoms with van der Waals surface area (Å²) in [7, 11) is 1.63. The Bertz CT molecular complexity index is 800. The SMILES string of the molecule is COc1ccc(-c2ccccc2)cc1NC(=O)[C@H]1CC[C@H]2OCCN[C@@H]2C1.Cl. The Balaban J connectivity index is 0.00000225. The molecular formula is C22H27ClN2O3. The van der Waals surface area contributed by atoms with Gasteiger partial charge in [0, 0.05) is 18.5 Å². The third-order valence-electron chi connectivity index (χ3n) is 5.56. The molecule has 28 heavy (non-hydrogen) atoms. The van der Waals surface area contributed by atoms with Gasteiger partial charge in [-0.1, -0.05) is 36.4 Å². The van der Waals surface area contributed by atoms with Gasteiger partial charge in [-0.2, -0.15) is 0 Å². The van der Waals surface area contributed by atoms with E-state index in [0.717, 1.165) is 49.2 Å². The lowest BCUT2D eigenvalue weighted by Gasteiger charge is -2.39. The van der Waals surface area contributed by atoms with E-state index in [9.17, 15) is 4.79 Å². The highest BCUT2D eigenvalue weighted by Crippen LogP contribution is 2.33. The molecule has 0 bridgehead atoms. The monoisotopic (exact) mass is 402 g/mol. The van der Waals surface area contributed by atoms with E-state index < -0.39 is 0 Å². The van der Waals surface area contributed by atoms with Gasteiger partial charge in [0.2, 0.25) is 5.91 Å². The molecule has 0 spiro atoms. The molecule has 6 heteroatoms. The van der Waals surface area contributed by atoms with Crippen LogP contribution in [0.5, 0.6) is 5.75 Å². The predicted octanol–water partition coefficient (Wildman–Crippen LogP) is 3.88. The Morgan fingerprint density at radius 2 is 1.96 bits per heavy atom. The van der Waals surface area contributed by atoms with E-state index >= 15 is 0 Å². The number of rotatable bonds is 4. The molecule has 2 aliphatic rings. The fraction of sp³-hybridized carbons (Fsp3) is 0.409. The third-order valence-corrected chi connectivity index (χ3v) is 5.56. The van der Waals surface area contributed by atoms with Crippen LogP contribution in [-0.2, 0) is 9.53 Å². The van der Waals surface area contributed by atoms with Crippen molar-refractivity contribution in [2.24, 2.45) is 5.92 Å². The van der Waals surface area contributed by atoms with E-state index in [1.807, 2.05) is 36.4 Å². The summed E-state index contributed by atoms with van der Waals surface area (Å²) in [5, 5.41) is 6.60. The number of benzene rings is 2. The van der Waals surface area contributed by atoms with Crippen LogP contribution in [0.2, 0.25) is 0 Å². The Morgan fingerprint density at radius 1 is 1.14 bits per heavy atom. The van der Waals surface area contributed by atoms with Crippen molar-refractivity contribution in [3.63, 3.8) is 0 Å². The van der Waals surface area contributed by atoms with Crippen molar-refractivity contribution in [2.75, 3.05) is 25.6 Å². The first kappa shape index (κ1) is 20.6. The van der Waals surface area contributed by atoms with Gasteiger partial charge in [0.15, 0.2) is 0 Å². The number of carbonyl (C=O) groups is 1. The average molecular weight is 403 g/mol. The maximum absolute atomic E-state index is 12.9. The second-order valence-electron chi connectivity index (χ2n) is 7.25. The zero-order valence-corrected chi connectivity index (χ0v) is 16.8. The molecule has 1 saturated carbocycles. The summed E-state index contributed by atoms with van der Waals surface area (Å²) in [5.41, 5.74) is 2.89. The van der Waals surface area contributed by atoms with Gasteiger partial charge >= 0.3 is 0 Å². The number of fused-ring (bicyclic) bond motifs is 1. The molecule has 1 saturated heterocycles. The van der Waals surface area contributed by atoms with E-state index in [1.165, 1.54) is 0 Å². The minimum Gasteiger partial charge on any atom is -0.495 e. The molecule has 5 nitrogen and oxygen atoms in total. The Labute approximate surface area is 172 Å². The largest absolute Gasteiger partial charge is 0.495 e. The molecule has 0 aromatic heterocycles. The topological polar surface area (TPSA) is 59.6 Å². The van der Waals surface area contributed by atoms with Crippen molar-refractivity contribution in [3.8, 4) is 16.9 Å². The number of carbonyl (C=O) groups excluding carboxylic acids is 1. The van der Waals surface area contributed by atoms with Crippen LogP contribution in [0.3, 0.4) is 0 Å². The normalized spacial score (nSPS) is 23.8. The van der Waals surface area contributed by atoms with E-state index in [1.54, 1.807) is 7.11 Å². The molecule has 2 aromatic carbocycles. The van der Waals surface area contributed by atoms with Crippen molar-refractivity contribution in [1.29, 1.82) is 0 Å². The third kappa shape index (κ3) is 4.49. The van der Waals surface area contributed by atoms with Crippen molar-refractivity contribution in [1.82, 2.24) is 5.32 Å². The number of nitrogens with one attached hydrogen (secondary N) is 2. The molecule has 1 aliphatic carbocycles. The Kier molecular flexibility index (Phi) is 6.94. The predicted molar refractivity (Wildman–Crippen MR) is 113 cm³/mol. The summed E-state index contributed by atoms with van der Waals surface area (Å²) in [6.07, 6.45) is 2.85. The van der Waals surface area contributed by atoms with Crippen molar-refractivity contribution < 1.29 is 14.3 Å². The number of hydrogen-bond donors (Lipinski definition) is 2. The molecule has 1 heterocycles. The fourth-order valence-corrected chi connectivity index (χ4v) is 4.10. The summed E-state index contributed by atoms with van der Waals surface area (Å²) in [6.45, 7) is 1.63. The minimum atomic E-state index is -0.00876. The molecule has 2 aromatic rings. The van der Waals surface area contributed by atoms with Crippen LogP contribution in [0.25, 0.3) is 11.1 Å². The fourth-order valence-electron chi connectivity index (χ4n) is 4.10. The molecule has 1 amide bonds. The summed E-state index contributed by atoms with van der Waals surface area (Å²) < 4.78 is 11.3. The second kappa shape index (κ2) is 9.41. The zero-order valence-electron chi connectivity index (χ0n) is 16.0. The minimum absolute atomic E-state index is 0. The van der Waals surface area contributed by atoms with E-state index in [0.29, 0.717) is 5.75 Å². The number of methoxy groups -OCH3 is 1. The van der Waals surface area contributed by atoms with Gasteiger partial charge in [0.25, 0.3) is 0 Å². The highest BCUT2D eigenvalue weighted by molar-refractivity contribution is 5.95. The molecule has 1 aliphatic heterocycles. The van der Waals surface area contributed by atoms with Crippen LogP contribution < -0.4 is 15.4 Å². The summed E-state index contributed by atoms with van der Waals surface area (Å²) in [6, 6.07) is 16.3. The second-order valence-corrected chi connectivity index (χ2v) is 7.25. The first-order chi connectivity index (χ1) is 13.2. The van der Waals surface area contributed by atoms with Crippen LogP contribution in [0.4, 0.5) is 5.69 Å². The number of halogens is 1. The van der Waals surface area contributed by atoms with Crippen molar-refractivity contribution in [2.45, 2.75) is 31.4 Å². The molecule has 150 valence electrons. The molecule has 0 radical (unpaired) electrons. The number of amides is 1. The van der Waals surface area contributed by atoms with Gasteiger partial charge in [0.05, 0.1) is 25.5 Å². The van der Waals surface area contributed by atoms with Crippen LogP contribution >= 0.6 is 12.4 Å². The van der Waals surface area contributed by atoms with Gasteiger partial charge in [0.1, 0.15) is 5.75 Å². The van der Waals surface area contributed by atoms with Crippen molar-refractivity contribution in [3.05, 3.63) is 48.5 Å². The number of morpholine rings is 1. The van der Waals surface area contributed by atoms with Gasteiger partial charge in [-0.25, -0.2) is 0 Å². The Hall–Kier alpha value is -2.08. The molecule has 2 fully saturated rings. The van der Waals surface area contributed by atoms with Crippen LogP contribution in [0.1, 0.15) is 19.3 Å². The van der Waals surface area contributed by atoms with Crippen LogP contribution in [-0.4, -0.2) is 38.3 Å². The maximum atomic E-state index is 12.9. The number of hydrogen-bond acceptors (Lipinski definition) is 4. The first-order valence-electron chi connectivity index (χ1n) is 9.64. The standard InChI is InChI=1S/C22H26N2O3.ClH/c1-26-20-9-7-16(15-5-3-2-4-6-15)13-19(20)24-22(25)17-8-10-21-18(14-17)23-11-12-27-21;/h2-7,9,13,17-18,21,23H,8,10-12,14H2,1H3,(H,24,25);1H/t17-,18+,21+;/m0./s1. The first-order valence-corrected chi connectivity index (χ1v) is 9.64. The zero-order chi connectivity index (χ0) is 18.6. The Morgan fingerprint density at radius 3 is 2.75 bits per heavy atom. The van der Waals surface area contributed by atoms with Gasteiger partial charge in [-0.15, -0.1) is 12.4 Å². The summed E-state index contributed by atoms with van der Waals surface area (Å²) in [5.74, 6) is 0.728. The highest BCUT2D eigenvalue weighted by Gasteiger charge is 2.36. The molecular weight excluding hydrogens is 376 g/mol. The van der Waals surface area contributed by atoms with Crippen LogP contribution in [0.15, 0.2) is 48.5 Å². The van der Waals surface area contributed by atoms with Gasteiger partial charge in [-0.05, 0) is 42.5 Å². The lowest BCUT2D eigenvalue weighted by atomic mass is 9.82. The lowest BCUT2D eigenvalue weighted by molar-refractivity contribution is -0.123.